The van der Waals surface area contributed by atoms with Crippen molar-refractivity contribution in [3.63, 3.8) is 0 Å². The molecule has 0 aliphatic heterocycles. The molecule has 22 heavy (non-hydrogen) atoms. The van der Waals surface area contributed by atoms with Crippen LogP contribution in [0.5, 0.6) is 0 Å². The lowest BCUT2D eigenvalue weighted by atomic mass is 10.0. The Morgan fingerprint density at radius 2 is 2.00 bits per heavy atom. The number of aryl methyl sites for hydroxylation is 1. The average molecular weight is 322 g/mol. The van der Waals surface area contributed by atoms with Gasteiger partial charge in [-0.25, -0.2) is 0 Å². The van der Waals surface area contributed by atoms with E-state index in [2.05, 4.69) is 5.32 Å². The van der Waals surface area contributed by atoms with Gasteiger partial charge in [-0.05, 0) is 41.6 Å². The number of rotatable bonds is 7. The third-order valence-corrected chi connectivity index (χ3v) is 4.54. The number of nitrogens with zero attached hydrogens (tertiary/aromatic N) is 1. The topological polar surface area (TPSA) is 95.6 Å². The molecule has 2 rings (SSSR count). The third kappa shape index (κ3) is 3.89. The summed E-state index contributed by atoms with van der Waals surface area (Å²) in [4.78, 5) is 11.3. The van der Waals surface area contributed by atoms with E-state index >= 15 is 0 Å². The van der Waals surface area contributed by atoms with Crippen LogP contribution in [0.3, 0.4) is 0 Å². The average Bonchev–Trinajstić information content (AvgIpc) is 2.93. The van der Waals surface area contributed by atoms with E-state index in [4.69, 9.17) is 0 Å². The summed E-state index contributed by atoms with van der Waals surface area (Å²) in [6, 6.07) is 7.17. The monoisotopic (exact) mass is 322 g/mol. The minimum Gasteiger partial charge on any atom is -0.395 e. The number of aliphatic hydroxyl groups is 2. The summed E-state index contributed by atoms with van der Waals surface area (Å²) in [5, 5.41) is 35.5. The molecule has 0 saturated carbocycles. The number of nitro groups is 1. The van der Waals surface area contributed by atoms with Crippen LogP contribution in [0.25, 0.3) is 0 Å². The summed E-state index contributed by atoms with van der Waals surface area (Å²) in [5.74, 6) is 0. The molecule has 2 atom stereocenters. The van der Waals surface area contributed by atoms with Gasteiger partial charge in [0.2, 0.25) is 0 Å². The number of aliphatic hydroxyl groups excluding tert-OH is 2. The number of hydrogen-bond acceptors (Lipinski definition) is 6. The molecule has 0 fully saturated rings. The van der Waals surface area contributed by atoms with E-state index in [0.29, 0.717) is 12.1 Å². The van der Waals surface area contributed by atoms with Crippen LogP contribution in [0.15, 0.2) is 35.7 Å². The lowest BCUT2D eigenvalue weighted by Gasteiger charge is -2.22. The van der Waals surface area contributed by atoms with Crippen molar-refractivity contribution in [2.45, 2.75) is 25.6 Å². The molecule has 118 valence electrons. The number of nitrogens with one attached hydrogen (secondary N) is 1. The van der Waals surface area contributed by atoms with Gasteiger partial charge in [-0.1, -0.05) is 0 Å². The van der Waals surface area contributed by atoms with Gasteiger partial charge in [0.05, 0.1) is 23.7 Å². The van der Waals surface area contributed by atoms with Crippen molar-refractivity contribution >= 4 is 17.0 Å². The second-order valence-electron chi connectivity index (χ2n) is 4.99. The van der Waals surface area contributed by atoms with Crippen LogP contribution in [0, 0.1) is 17.0 Å². The summed E-state index contributed by atoms with van der Waals surface area (Å²) in [6.07, 6.45) is -0.939. The second-order valence-corrected chi connectivity index (χ2v) is 5.99. The van der Waals surface area contributed by atoms with Crippen LogP contribution in [0.4, 0.5) is 5.69 Å². The fourth-order valence-corrected chi connectivity index (χ4v) is 2.97. The molecule has 7 heteroatoms. The van der Waals surface area contributed by atoms with Crippen molar-refractivity contribution in [3.05, 3.63) is 61.8 Å². The molecule has 0 saturated heterocycles. The van der Waals surface area contributed by atoms with Crippen molar-refractivity contribution < 1.29 is 15.1 Å². The van der Waals surface area contributed by atoms with Crippen LogP contribution in [0.1, 0.15) is 22.1 Å². The molecule has 0 radical (unpaired) electrons. The number of thiophene rings is 1. The Bertz CT molecular complexity index is 627. The first-order chi connectivity index (χ1) is 10.5. The SMILES string of the molecule is Cc1ccsc1CNC(CO)C(O)c1ccc([N+](=O)[O-])cc1. The van der Waals surface area contributed by atoms with E-state index in [0.717, 1.165) is 4.88 Å². The van der Waals surface area contributed by atoms with Gasteiger partial charge in [-0.2, -0.15) is 0 Å². The van der Waals surface area contributed by atoms with Crippen LogP contribution < -0.4 is 5.32 Å². The number of benzene rings is 1. The largest absolute Gasteiger partial charge is 0.395 e. The summed E-state index contributed by atoms with van der Waals surface area (Å²) in [7, 11) is 0. The van der Waals surface area contributed by atoms with Crippen molar-refractivity contribution in [1.29, 1.82) is 0 Å². The maximum Gasteiger partial charge on any atom is 0.269 e. The molecule has 2 aromatic rings. The van der Waals surface area contributed by atoms with Crippen LogP contribution >= 0.6 is 11.3 Å². The minimum atomic E-state index is -0.939. The smallest absolute Gasteiger partial charge is 0.269 e. The van der Waals surface area contributed by atoms with Crippen molar-refractivity contribution in [1.82, 2.24) is 5.32 Å². The number of non-ortho nitro benzene ring substituents is 1. The van der Waals surface area contributed by atoms with Crippen LogP contribution in [-0.2, 0) is 6.54 Å². The van der Waals surface area contributed by atoms with Gasteiger partial charge in [0.1, 0.15) is 0 Å². The Balaban J connectivity index is 2.03. The highest BCUT2D eigenvalue weighted by molar-refractivity contribution is 7.10. The molecule has 0 aliphatic rings. The normalized spacial score (nSPS) is 13.8. The van der Waals surface area contributed by atoms with Crippen LogP contribution in [-0.4, -0.2) is 27.8 Å². The minimum absolute atomic E-state index is 0.0290. The van der Waals surface area contributed by atoms with Gasteiger partial charge in [0.15, 0.2) is 0 Å². The molecular weight excluding hydrogens is 304 g/mol. The lowest BCUT2D eigenvalue weighted by molar-refractivity contribution is -0.384. The maximum absolute atomic E-state index is 10.6. The van der Waals surface area contributed by atoms with Gasteiger partial charge in [0, 0.05) is 23.6 Å². The van der Waals surface area contributed by atoms with Crippen molar-refractivity contribution in [3.8, 4) is 0 Å². The zero-order valence-electron chi connectivity index (χ0n) is 12.1. The van der Waals surface area contributed by atoms with Gasteiger partial charge < -0.3 is 15.5 Å². The molecule has 6 nitrogen and oxygen atoms in total. The molecule has 1 aromatic heterocycles. The standard InChI is InChI=1S/C15H18N2O4S/c1-10-6-7-22-14(10)8-16-13(9-18)15(19)11-2-4-12(5-3-11)17(20)21/h2-7,13,15-16,18-19H,8-9H2,1H3. The van der Waals surface area contributed by atoms with E-state index in [-0.39, 0.29) is 12.3 Å². The molecule has 0 aliphatic carbocycles. The second kappa shape index (κ2) is 7.46. The summed E-state index contributed by atoms with van der Waals surface area (Å²) >= 11 is 1.61. The molecule has 0 amide bonds. The van der Waals surface area contributed by atoms with Gasteiger partial charge in [-0.3, -0.25) is 10.1 Å². The Kier molecular flexibility index (Phi) is 5.62. The fourth-order valence-electron chi connectivity index (χ4n) is 2.11. The molecule has 1 heterocycles. The first kappa shape index (κ1) is 16.6. The van der Waals surface area contributed by atoms with Crippen molar-refractivity contribution in [2.24, 2.45) is 0 Å². The first-order valence-corrected chi connectivity index (χ1v) is 7.70. The zero-order valence-corrected chi connectivity index (χ0v) is 12.9. The number of hydrogen-bond donors (Lipinski definition) is 3. The Morgan fingerprint density at radius 3 is 2.50 bits per heavy atom. The maximum atomic E-state index is 10.6. The van der Waals surface area contributed by atoms with Gasteiger partial charge in [0.25, 0.3) is 5.69 Å². The summed E-state index contributed by atoms with van der Waals surface area (Å²) < 4.78 is 0. The molecule has 1 aromatic carbocycles. The molecule has 0 spiro atoms. The Morgan fingerprint density at radius 1 is 1.32 bits per heavy atom. The van der Waals surface area contributed by atoms with Gasteiger partial charge >= 0.3 is 0 Å². The van der Waals surface area contributed by atoms with E-state index < -0.39 is 17.1 Å². The van der Waals surface area contributed by atoms with E-state index in [1.807, 2.05) is 18.4 Å². The fraction of sp³-hybridized carbons (Fsp3) is 0.333. The third-order valence-electron chi connectivity index (χ3n) is 3.52. The lowest BCUT2D eigenvalue weighted by Crippen LogP contribution is -2.37. The molecular formula is C15H18N2O4S. The summed E-state index contributed by atoms with van der Waals surface area (Å²) in [5.41, 5.74) is 1.66. The van der Waals surface area contributed by atoms with Crippen molar-refractivity contribution in [2.75, 3.05) is 6.61 Å². The Labute approximate surface area is 132 Å². The quantitative estimate of drug-likeness (QED) is 0.536. The highest BCUT2D eigenvalue weighted by atomic mass is 32.1. The number of nitro benzene ring substituents is 1. The molecule has 3 N–H and O–H groups in total. The predicted molar refractivity (Wildman–Crippen MR) is 84.8 cm³/mol. The molecule has 0 bridgehead atoms. The van der Waals surface area contributed by atoms with E-state index in [1.54, 1.807) is 11.3 Å². The van der Waals surface area contributed by atoms with E-state index in [1.165, 1.54) is 29.8 Å². The predicted octanol–water partition coefficient (Wildman–Crippen LogP) is 2.15. The highest BCUT2D eigenvalue weighted by Gasteiger charge is 2.21. The first-order valence-electron chi connectivity index (χ1n) is 6.82. The zero-order chi connectivity index (χ0) is 16.1. The van der Waals surface area contributed by atoms with Gasteiger partial charge in [-0.15, -0.1) is 11.3 Å². The van der Waals surface area contributed by atoms with Crippen LogP contribution in [0.2, 0.25) is 0 Å². The highest BCUT2D eigenvalue weighted by Crippen LogP contribution is 2.21. The Hall–Kier alpha value is -1.80. The van der Waals surface area contributed by atoms with E-state index in [9.17, 15) is 20.3 Å². The summed E-state index contributed by atoms with van der Waals surface area (Å²) in [6.45, 7) is 2.33. The molecule has 2 unspecified atom stereocenters.